The molecular weight excluding hydrogens is 468 g/mol. The number of anilines is 2. The van der Waals surface area contributed by atoms with Crippen molar-refractivity contribution < 1.29 is 13.2 Å². The molecule has 0 aliphatic heterocycles. The Labute approximate surface area is 204 Å². The van der Waals surface area contributed by atoms with Crippen LogP contribution in [0.3, 0.4) is 0 Å². The number of nitrogens with one attached hydrogen (secondary N) is 1. The van der Waals surface area contributed by atoms with Crippen molar-refractivity contribution in [2.75, 3.05) is 16.2 Å². The molecule has 172 valence electrons. The smallest absolute Gasteiger partial charge is 0.264 e. The number of carbonyl (C=O) groups excluding carboxylic acids is 1. The first-order valence-corrected chi connectivity index (χ1v) is 12.5. The fourth-order valence-electron chi connectivity index (χ4n) is 3.61. The van der Waals surface area contributed by atoms with Gasteiger partial charge in [0.05, 0.1) is 10.6 Å². The predicted molar refractivity (Wildman–Crippen MR) is 138 cm³/mol. The third-order valence-electron chi connectivity index (χ3n) is 5.26. The average molecular weight is 491 g/mol. The van der Waals surface area contributed by atoms with Crippen molar-refractivity contribution in [2.45, 2.75) is 11.8 Å². The second-order valence-electron chi connectivity index (χ2n) is 7.76. The van der Waals surface area contributed by atoms with Crippen LogP contribution in [0.1, 0.15) is 5.56 Å². The van der Waals surface area contributed by atoms with Crippen LogP contribution >= 0.6 is 11.6 Å². The normalized spacial score (nSPS) is 11.1. The van der Waals surface area contributed by atoms with E-state index in [4.69, 9.17) is 11.6 Å². The van der Waals surface area contributed by atoms with Gasteiger partial charge in [0, 0.05) is 16.3 Å². The van der Waals surface area contributed by atoms with Crippen molar-refractivity contribution in [3.8, 4) is 11.1 Å². The number of para-hydroxylation sites is 1. The second-order valence-corrected chi connectivity index (χ2v) is 10.1. The highest BCUT2D eigenvalue weighted by atomic mass is 35.5. The highest BCUT2D eigenvalue weighted by molar-refractivity contribution is 7.92. The summed E-state index contributed by atoms with van der Waals surface area (Å²) < 4.78 is 28.2. The zero-order chi connectivity index (χ0) is 24.1. The third kappa shape index (κ3) is 5.30. The molecule has 4 aromatic carbocycles. The first-order valence-electron chi connectivity index (χ1n) is 10.6. The minimum Gasteiger partial charge on any atom is -0.324 e. The van der Waals surface area contributed by atoms with Gasteiger partial charge in [-0.2, -0.15) is 0 Å². The third-order valence-corrected chi connectivity index (χ3v) is 7.30. The minimum absolute atomic E-state index is 0.0518. The Bertz CT molecular complexity index is 1410. The molecule has 0 aliphatic carbocycles. The Balaban J connectivity index is 1.67. The Morgan fingerprint density at radius 1 is 0.853 bits per heavy atom. The maximum absolute atomic E-state index is 13.5. The topological polar surface area (TPSA) is 66.5 Å². The summed E-state index contributed by atoms with van der Waals surface area (Å²) in [6.07, 6.45) is 0. The first kappa shape index (κ1) is 23.5. The summed E-state index contributed by atoms with van der Waals surface area (Å²) in [5.74, 6) is -0.456. The molecule has 0 radical (unpaired) electrons. The first-order chi connectivity index (χ1) is 16.3. The van der Waals surface area contributed by atoms with E-state index in [1.807, 2.05) is 61.5 Å². The van der Waals surface area contributed by atoms with Crippen LogP contribution in [0, 0.1) is 6.92 Å². The van der Waals surface area contributed by atoms with Gasteiger partial charge in [0.2, 0.25) is 5.91 Å². The summed E-state index contributed by atoms with van der Waals surface area (Å²) in [4.78, 5) is 13.2. The van der Waals surface area contributed by atoms with Crippen molar-refractivity contribution in [3.05, 3.63) is 114 Å². The molecule has 1 N–H and O–H groups in total. The lowest BCUT2D eigenvalue weighted by atomic mass is 10.0. The molecule has 0 bridgehead atoms. The Hall–Kier alpha value is -3.61. The molecule has 0 heterocycles. The van der Waals surface area contributed by atoms with Gasteiger partial charge in [0.15, 0.2) is 0 Å². The molecule has 4 aromatic rings. The number of halogens is 1. The molecule has 1 amide bonds. The van der Waals surface area contributed by atoms with Crippen LogP contribution in [-0.2, 0) is 14.8 Å². The Morgan fingerprint density at radius 2 is 1.53 bits per heavy atom. The quantitative estimate of drug-likeness (QED) is 0.338. The number of nitrogens with zero attached hydrogens (tertiary/aromatic N) is 1. The highest BCUT2D eigenvalue weighted by Crippen LogP contribution is 2.29. The van der Waals surface area contributed by atoms with Crippen LogP contribution in [-0.4, -0.2) is 20.9 Å². The molecule has 0 spiro atoms. The van der Waals surface area contributed by atoms with E-state index in [-0.39, 0.29) is 4.90 Å². The summed E-state index contributed by atoms with van der Waals surface area (Å²) in [7, 11) is -4.02. The lowest BCUT2D eigenvalue weighted by molar-refractivity contribution is -0.114. The van der Waals surface area contributed by atoms with Gasteiger partial charge < -0.3 is 5.32 Å². The number of benzene rings is 4. The lowest BCUT2D eigenvalue weighted by Gasteiger charge is -2.24. The number of amides is 1. The van der Waals surface area contributed by atoms with E-state index in [0.717, 1.165) is 21.0 Å². The molecule has 0 atom stereocenters. The van der Waals surface area contributed by atoms with Gasteiger partial charge in [0.1, 0.15) is 6.54 Å². The van der Waals surface area contributed by atoms with Crippen LogP contribution in [0.4, 0.5) is 11.4 Å². The van der Waals surface area contributed by atoms with E-state index in [1.165, 1.54) is 24.3 Å². The number of rotatable bonds is 7. The van der Waals surface area contributed by atoms with Gasteiger partial charge in [-0.15, -0.1) is 0 Å². The number of aryl methyl sites for hydroxylation is 1. The van der Waals surface area contributed by atoms with Gasteiger partial charge in [-0.25, -0.2) is 8.42 Å². The number of hydrogen-bond donors (Lipinski definition) is 1. The van der Waals surface area contributed by atoms with Crippen LogP contribution in [0.5, 0.6) is 0 Å². The largest absolute Gasteiger partial charge is 0.324 e. The summed E-state index contributed by atoms with van der Waals surface area (Å²) in [6, 6.07) is 30.0. The van der Waals surface area contributed by atoms with Crippen LogP contribution in [0.25, 0.3) is 11.1 Å². The molecule has 7 heteroatoms. The van der Waals surface area contributed by atoms with E-state index in [9.17, 15) is 13.2 Å². The Morgan fingerprint density at radius 3 is 2.24 bits per heavy atom. The zero-order valence-electron chi connectivity index (χ0n) is 18.5. The number of carbonyl (C=O) groups is 1. The molecule has 0 unspecified atom stereocenters. The average Bonchev–Trinajstić information content (AvgIpc) is 2.83. The van der Waals surface area contributed by atoms with Crippen molar-refractivity contribution in [1.82, 2.24) is 0 Å². The van der Waals surface area contributed by atoms with Crippen LogP contribution in [0.15, 0.2) is 108 Å². The summed E-state index contributed by atoms with van der Waals surface area (Å²) in [5.41, 5.74) is 3.68. The van der Waals surface area contributed by atoms with Gasteiger partial charge in [-0.3, -0.25) is 9.10 Å². The van der Waals surface area contributed by atoms with Crippen molar-refractivity contribution in [3.63, 3.8) is 0 Å². The number of hydrogen-bond acceptors (Lipinski definition) is 3. The van der Waals surface area contributed by atoms with Crippen LogP contribution < -0.4 is 9.62 Å². The van der Waals surface area contributed by atoms with Gasteiger partial charge in [0.25, 0.3) is 10.0 Å². The summed E-state index contributed by atoms with van der Waals surface area (Å²) >= 11 is 5.95. The molecule has 34 heavy (non-hydrogen) atoms. The molecule has 0 aromatic heterocycles. The van der Waals surface area contributed by atoms with E-state index in [0.29, 0.717) is 16.4 Å². The molecule has 5 nitrogen and oxygen atoms in total. The second kappa shape index (κ2) is 10.1. The standard InChI is InChI=1S/C27H23ClN2O3S/c1-20-8-7-11-23(18-20)30(34(32,33)24-16-14-22(28)15-17-24)19-27(31)29-26-13-6-5-12-25(26)21-9-3-2-4-10-21/h2-18H,19H2,1H3,(H,29,31). The van der Waals surface area contributed by atoms with Gasteiger partial charge in [-0.1, -0.05) is 72.3 Å². The van der Waals surface area contributed by atoms with Crippen molar-refractivity contribution >= 4 is 38.9 Å². The van der Waals surface area contributed by atoms with Gasteiger partial charge in [-0.05, 0) is 60.5 Å². The van der Waals surface area contributed by atoms with Crippen LogP contribution in [0.2, 0.25) is 5.02 Å². The van der Waals surface area contributed by atoms with Crippen molar-refractivity contribution in [1.29, 1.82) is 0 Å². The SMILES string of the molecule is Cc1cccc(N(CC(=O)Nc2ccccc2-c2ccccc2)S(=O)(=O)c2ccc(Cl)cc2)c1. The van der Waals surface area contributed by atoms with E-state index < -0.39 is 22.5 Å². The Kier molecular flexibility index (Phi) is 7.01. The summed E-state index contributed by atoms with van der Waals surface area (Å²) in [6.45, 7) is 1.48. The van der Waals surface area contributed by atoms with E-state index >= 15 is 0 Å². The van der Waals surface area contributed by atoms with E-state index in [1.54, 1.807) is 24.3 Å². The molecule has 0 aliphatic rings. The lowest BCUT2D eigenvalue weighted by Crippen LogP contribution is -2.38. The maximum atomic E-state index is 13.5. The number of sulfonamides is 1. The molecule has 0 fully saturated rings. The molecule has 4 rings (SSSR count). The van der Waals surface area contributed by atoms with E-state index in [2.05, 4.69) is 5.32 Å². The zero-order valence-corrected chi connectivity index (χ0v) is 20.1. The van der Waals surface area contributed by atoms with Crippen molar-refractivity contribution in [2.24, 2.45) is 0 Å². The molecule has 0 saturated carbocycles. The fraction of sp³-hybridized carbons (Fsp3) is 0.0741. The minimum atomic E-state index is -4.02. The maximum Gasteiger partial charge on any atom is 0.264 e. The highest BCUT2D eigenvalue weighted by Gasteiger charge is 2.27. The summed E-state index contributed by atoms with van der Waals surface area (Å²) in [5, 5.41) is 3.32. The van der Waals surface area contributed by atoms with Gasteiger partial charge >= 0.3 is 0 Å². The fourth-order valence-corrected chi connectivity index (χ4v) is 5.15. The predicted octanol–water partition coefficient (Wildman–Crippen LogP) is 6.15. The molecule has 0 saturated heterocycles. The molecular formula is C27H23ClN2O3S. The monoisotopic (exact) mass is 490 g/mol.